The molecular weight excluding hydrogens is 150 g/mol. The Kier molecular flexibility index (Phi) is 1.67. The molecule has 0 bridgehead atoms. The molecule has 1 aliphatic rings. The zero-order chi connectivity index (χ0) is 8.60. The van der Waals surface area contributed by atoms with Crippen LogP contribution in [-0.4, -0.2) is 18.2 Å². The van der Waals surface area contributed by atoms with Crippen molar-refractivity contribution in [1.29, 1.82) is 0 Å². The van der Waals surface area contributed by atoms with Crippen LogP contribution in [0.1, 0.15) is 11.1 Å². The van der Waals surface area contributed by atoms with E-state index in [0.717, 1.165) is 5.56 Å². The third-order valence-corrected chi connectivity index (χ3v) is 2.39. The van der Waals surface area contributed by atoms with E-state index in [-0.39, 0.29) is 0 Å². The number of hydrogen-bond acceptors (Lipinski definition) is 2. The van der Waals surface area contributed by atoms with Crippen molar-refractivity contribution in [3.63, 3.8) is 0 Å². The molecule has 2 N–H and O–H groups in total. The van der Waals surface area contributed by atoms with Crippen molar-refractivity contribution < 1.29 is 5.11 Å². The largest absolute Gasteiger partial charge is 0.382 e. The van der Waals surface area contributed by atoms with Crippen LogP contribution < -0.4 is 5.32 Å². The lowest BCUT2D eigenvalue weighted by molar-refractivity contribution is -0.0147. The van der Waals surface area contributed by atoms with Crippen molar-refractivity contribution in [2.45, 2.75) is 12.5 Å². The third-order valence-electron chi connectivity index (χ3n) is 2.39. The number of benzene rings is 1. The molecule has 12 heavy (non-hydrogen) atoms. The van der Waals surface area contributed by atoms with Crippen LogP contribution in [0.15, 0.2) is 24.3 Å². The van der Waals surface area contributed by atoms with Gasteiger partial charge in [0.1, 0.15) is 5.60 Å². The first-order chi connectivity index (χ1) is 5.71. The summed E-state index contributed by atoms with van der Waals surface area (Å²) in [4.78, 5) is 0. The van der Waals surface area contributed by atoms with E-state index in [0.29, 0.717) is 13.1 Å². The van der Waals surface area contributed by atoms with Gasteiger partial charge >= 0.3 is 0 Å². The van der Waals surface area contributed by atoms with Crippen molar-refractivity contribution >= 4 is 0 Å². The van der Waals surface area contributed by atoms with E-state index in [9.17, 15) is 5.11 Å². The van der Waals surface area contributed by atoms with Gasteiger partial charge in [-0.3, -0.25) is 0 Å². The van der Waals surface area contributed by atoms with Crippen molar-refractivity contribution in [1.82, 2.24) is 5.32 Å². The van der Waals surface area contributed by atoms with Gasteiger partial charge in [-0.2, -0.15) is 0 Å². The average molecular weight is 163 g/mol. The molecule has 1 heterocycles. The molecule has 2 nitrogen and oxygen atoms in total. The molecule has 2 heteroatoms. The summed E-state index contributed by atoms with van der Waals surface area (Å²) >= 11 is 0. The molecular formula is C10H13NO. The predicted molar refractivity (Wildman–Crippen MR) is 47.9 cm³/mol. The van der Waals surface area contributed by atoms with Crippen LogP contribution in [0.4, 0.5) is 0 Å². The molecule has 1 aromatic rings. The zero-order valence-electron chi connectivity index (χ0n) is 7.17. The zero-order valence-corrected chi connectivity index (χ0v) is 7.17. The predicted octanol–water partition coefficient (Wildman–Crippen LogP) is 0.786. The highest BCUT2D eigenvalue weighted by Crippen LogP contribution is 2.25. The van der Waals surface area contributed by atoms with Gasteiger partial charge in [0.2, 0.25) is 0 Å². The van der Waals surface area contributed by atoms with E-state index in [1.54, 1.807) is 0 Å². The molecule has 2 rings (SSSR count). The Morgan fingerprint density at radius 1 is 1.42 bits per heavy atom. The number of nitrogens with one attached hydrogen (secondary N) is 1. The molecule has 0 radical (unpaired) electrons. The maximum absolute atomic E-state index is 9.94. The number of aliphatic hydroxyl groups is 1. The molecule has 1 aliphatic heterocycles. The summed E-state index contributed by atoms with van der Waals surface area (Å²) in [7, 11) is 0. The van der Waals surface area contributed by atoms with Crippen LogP contribution >= 0.6 is 0 Å². The summed E-state index contributed by atoms with van der Waals surface area (Å²) in [5, 5.41) is 13.0. The number of β-amino-alcohol motifs (C(OH)–C–C–N with tert-alkyl or cyclic N) is 1. The van der Waals surface area contributed by atoms with Gasteiger partial charge in [0.05, 0.1) is 0 Å². The fraction of sp³-hybridized carbons (Fsp3) is 0.400. The van der Waals surface area contributed by atoms with Gasteiger partial charge in [-0.25, -0.2) is 0 Å². The minimum absolute atomic E-state index is 0.605. The minimum Gasteiger partial charge on any atom is -0.382 e. The Hall–Kier alpha value is -0.860. The second kappa shape index (κ2) is 2.57. The Bertz CT molecular complexity index is 292. The van der Waals surface area contributed by atoms with Crippen LogP contribution in [0.3, 0.4) is 0 Å². The summed E-state index contributed by atoms with van der Waals surface area (Å²) in [6.07, 6.45) is 0. The summed E-state index contributed by atoms with van der Waals surface area (Å²) < 4.78 is 0. The molecule has 1 fully saturated rings. The Morgan fingerprint density at radius 3 is 2.67 bits per heavy atom. The second-order valence-corrected chi connectivity index (χ2v) is 3.50. The van der Waals surface area contributed by atoms with Crippen LogP contribution in [0.2, 0.25) is 0 Å². The maximum atomic E-state index is 9.94. The first kappa shape index (κ1) is 7.77. The van der Waals surface area contributed by atoms with Crippen LogP contribution in [0.5, 0.6) is 0 Å². The van der Waals surface area contributed by atoms with Gasteiger partial charge in [0.25, 0.3) is 0 Å². The highest BCUT2D eigenvalue weighted by atomic mass is 16.3. The molecule has 0 amide bonds. The first-order valence-electron chi connectivity index (χ1n) is 4.21. The summed E-state index contributed by atoms with van der Waals surface area (Å²) in [6.45, 7) is 3.39. The van der Waals surface area contributed by atoms with Gasteiger partial charge < -0.3 is 10.4 Å². The van der Waals surface area contributed by atoms with Crippen molar-refractivity contribution in [2.75, 3.05) is 13.1 Å². The van der Waals surface area contributed by atoms with E-state index < -0.39 is 5.60 Å². The fourth-order valence-corrected chi connectivity index (χ4v) is 1.50. The molecule has 0 aromatic heterocycles. The van der Waals surface area contributed by atoms with Gasteiger partial charge in [0.15, 0.2) is 0 Å². The molecule has 1 saturated heterocycles. The Labute approximate surface area is 72.2 Å². The molecule has 0 unspecified atom stereocenters. The summed E-state index contributed by atoms with van der Waals surface area (Å²) in [5.74, 6) is 0. The third kappa shape index (κ3) is 1.13. The van der Waals surface area contributed by atoms with Gasteiger partial charge in [-0.1, -0.05) is 29.8 Å². The quantitative estimate of drug-likeness (QED) is 0.641. The van der Waals surface area contributed by atoms with Crippen molar-refractivity contribution in [3.05, 3.63) is 35.4 Å². The molecule has 0 atom stereocenters. The van der Waals surface area contributed by atoms with Crippen LogP contribution in [0.25, 0.3) is 0 Å². The van der Waals surface area contributed by atoms with Gasteiger partial charge in [0, 0.05) is 13.1 Å². The number of rotatable bonds is 1. The Morgan fingerprint density at radius 2 is 2.17 bits per heavy atom. The first-order valence-corrected chi connectivity index (χ1v) is 4.21. The number of aryl methyl sites for hydroxylation is 1. The van der Waals surface area contributed by atoms with Crippen LogP contribution in [0, 0.1) is 6.92 Å². The van der Waals surface area contributed by atoms with Crippen LogP contribution in [-0.2, 0) is 5.60 Å². The monoisotopic (exact) mass is 163 g/mol. The SMILES string of the molecule is Cc1cccc(C2(O)CNC2)c1. The number of hydrogen-bond donors (Lipinski definition) is 2. The van der Waals surface area contributed by atoms with E-state index in [1.807, 2.05) is 31.2 Å². The molecule has 64 valence electrons. The topological polar surface area (TPSA) is 32.3 Å². The van der Waals surface area contributed by atoms with E-state index in [2.05, 4.69) is 5.32 Å². The normalized spacial score (nSPS) is 20.2. The second-order valence-electron chi connectivity index (χ2n) is 3.50. The van der Waals surface area contributed by atoms with Gasteiger partial charge in [-0.05, 0) is 12.5 Å². The lowest BCUT2D eigenvalue weighted by Crippen LogP contribution is -2.56. The lowest BCUT2D eigenvalue weighted by atomic mass is 9.87. The van der Waals surface area contributed by atoms with Gasteiger partial charge in [-0.15, -0.1) is 0 Å². The average Bonchev–Trinajstić information content (AvgIpc) is 2.00. The highest BCUT2D eigenvalue weighted by molar-refractivity contribution is 5.30. The molecule has 0 aliphatic carbocycles. The highest BCUT2D eigenvalue weighted by Gasteiger charge is 2.35. The standard InChI is InChI=1S/C10H13NO/c1-8-3-2-4-9(5-8)10(12)6-11-7-10/h2-5,11-12H,6-7H2,1H3. The summed E-state index contributed by atoms with van der Waals surface area (Å²) in [5.41, 5.74) is 1.63. The molecule has 0 spiro atoms. The van der Waals surface area contributed by atoms with Crippen molar-refractivity contribution in [3.8, 4) is 0 Å². The smallest absolute Gasteiger partial charge is 0.114 e. The summed E-state index contributed by atoms with van der Waals surface area (Å²) in [6, 6.07) is 8.05. The van der Waals surface area contributed by atoms with E-state index >= 15 is 0 Å². The maximum Gasteiger partial charge on any atom is 0.114 e. The molecule has 1 aromatic carbocycles. The molecule has 0 saturated carbocycles. The van der Waals surface area contributed by atoms with Crippen molar-refractivity contribution in [2.24, 2.45) is 0 Å². The van der Waals surface area contributed by atoms with E-state index in [4.69, 9.17) is 0 Å². The lowest BCUT2D eigenvalue weighted by Gasteiger charge is -2.38. The Balaban J connectivity index is 2.33. The minimum atomic E-state index is -0.605. The van der Waals surface area contributed by atoms with E-state index in [1.165, 1.54) is 5.56 Å². The fourth-order valence-electron chi connectivity index (χ4n) is 1.50.